The van der Waals surface area contributed by atoms with Crippen LogP contribution in [0.3, 0.4) is 0 Å². The molecule has 29 heavy (non-hydrogen) atoms. The van der Waals surface area contributed by atoms with E-state index in [2.05, 4.69) is 32.0 Å². The van der Waals surface area contributed by atoms with Crippen LogP contribution in [-0.2, 0) is 19.4 Å². The molecule has 1 heterocycles. The van der Waals surface area contributed by atoms with E-state index in [0.717, 1.165) is 29.8 Å². The third-order valence-electron chi connectivity index (χ3n) is 5.04. The second-order valence-electron chi connectivity index (χ2n) is 6.80. The molecule has 5 heteroatoms. The van der Waals surface area contributed by atoms with Crippen LogP contribution in [0.5, 0.6) is 11.5 Å². The van der Waals surface area contributed by atoms with Crippen LogP contribution in [0.2, 0.25) is 5.02 Å². The molecule has 0 amide bonds. The quantitative estimate of drug-likeness (QED) is 0.439. The van der Waals surface area contributed by atoms with Crippen LogP contribution in [0.15, 0.2) is 42.5 Å². The van der Waals surface area contributed by atoms with Crippen molar-refractivity contribution < 1.29 is 13.9 Å². The van der Waals surface area contributed by atoms with E-state index in [1.807, 2.05) is 13.0 Å². The Hall–Kier alpha value is -2.59. The normalized spacial score (nSPS) is 10.8. The van der Waals surface area contributed by atoms with Crippen molar-refractivity contribution in [2.45, 2.75) is 40.2 Å². The number of hydrogen-bond donors (Lipinski definition) is 0. The molecule has 3 rings (SSSR count). The number of pyridine rings is 1. The number of aryl methyl sites for hydroxylation is 3. The third-order valence-corrected chi connectivity index (χ3v) is 5.35. The Morgan fingerprint density at radius 3 is 2.31 bits per heavy atom. The topological polar surface area (TPSA) is 31.4 Å². The maximum atomic E-state index is 13.7. The zero-order chi connectivity index (χ0) is 21.0. The molecule has 0 N–H and O–H groups in total. The highest BCUT2D eigenvalue weighted by Crippen LogP contribution is 2.33. The summed E-state index contributed by atoms with van der Waals surface area (Å²) >= 11 is 5.74. The highest BCUT2D eigenvalue weighted by Gasteiger charge is 2.16. The van der Waals surface area contributed by atoms with Crippen molar-refractivity contribution >= 4 is 11.6 Å². The van der Waals surface area contributed by atoms with E-state index in [9.17, 15) is 4.39 Å². The molecule has 0 spiro atoms. The Kier molecular flexibility index (Phi) is 6.75. The summed E-state index contributed by atoms with van der Waals surface area (Å²) in [6, 6.07) is 12.7. The van der Waals surface area contributed by atoms with Gasteiger partial charge in [-0.05, 0) is 43.0 Å². The first kappa shape index (κ1) is 21.1. The Balaban J connectivity index is 1.97. The summed E-state index contributed by atoms with van der Waals surface area (Å²) in [4.78, 5) is 4.86. The lowest BCUT2D eigenvalue weighted by atomic mass is 9.94. The van der Waals surface area contributed by atoms with E-state index >= 15 is 0 Å². The van der Waals surface area contributed by atoms with Gasteiger partial charge in [-0.25, -0.2) is 4.39 Å². The molecule has 152 valence electrons. The number of hydrogen-bond acceptors (Lipinski definition) is 3. The SMILES string of the molecule is CCc1cccc(CC)c1-c1cc(OC)c(COc2ccc(Cl)c(F)c2)c(C)n1. The first-order chi connectivity index (χ1) is 14.0. The molecule has 3 nitrogen and oxygen atoms in total. The lowest BCUT2D eigenvalue weighted by molar-refractivity contribution is 0.293. The van der Waals surface area contributed by atoms with Gasteiger partial charge in [0.15, 0.2) is 0 Å². The minimum atomic E-state index is -0.510. The minimum Gasteiger partial charge on any atom is -0.496 e. The van der Waals surface area contributed by atoms with Gasteiger partial charge in [0.2, 0.25) is 0 Å². The van der Waals surface area contributed by atoms with Gasteiger partial charge in [-0.1, -0.05) is 43.6 Å². The van der Waals surface area contributed by atoms with E-state index in [-0.39, 0.29) is 11.6 Å². The summed E-state index contributed by atoms with van der Waals surface area (Å²) in [5.41, 5.74) is 6.25. The molecule has 0 atom stereocenters. The summed E-state index contributed by atoms with van der Waals surface area (Å²) in [5.74, 6) is 0.599. The molecule has 2 aromatic carbocycles. The van der Waals surface area contributed by atoms with Crippen molar-refractivity contribution in [2.24, 2.45) is 0 Å². The fourth-order valence-electron chi connectivity index (χ4n) is 3.45. The molecule has 0 aliphatic carbocycles. The molecule has 0 saturated carbocycles. The predicted molar refractivity (Wildman–Crippen MR) is 115 cm³/mol. The fraction of sp³-hybridized carbons (Fsp3) is 0.292. The van der Waals surface area contributed by atoms with Gasteiger partial charge in [0.1, 0.15) is 23.9 Å². The number of aromatic nitrogens is 1. The fourth-order valence-corrected chi connectivity index (χ4v) is 3.57. The van der Waals surface area contributed by atoms with Crippen LogP contribution in [0.1, 0.15) is 36.2 Å². The van der Waals surface area contributed by atoms with Crippen molar-refractivity contribution in [3.05, 3.63) is 75.7 Å². The summed E-state index contributed by atoms with van der Waals surface area (Å²) < 4.78 is 25.1. The molecule has 0 saturated heterocycles. The van der Waals surface area contributed by atoms with Gasteiger partial charge in [0.05, 0.1) is 23.4 Å². The minimum absolute atomic E-state index is 0.0680. The van der Waals surface area contributed by atoms with Crippen LogP contribution in [0, 0.1) is 12.7 Å². The van der Waals surface area contributed by atoms with E-state index in [1.54, 1.807) is 13.2 Å². The molecule has 0 fully saturated rings. The molecular formula is C24H25ClFNO2. The van der Waals surface area contributed by atoms with Gasteiger partial charge in [-0.3, -0.25) is 4.98 Å². The van der Waals surface area contributed by atoms with E-state index in [0.29, 0.717) is 11.5 Å². The number of rotatable bonds is 7. The lowest BCUT2D eigenvalue weighted by Crippen LogP contribution is -2.05. The van der Waals surface area contributed by atoms with E-state index < -0.39 is 5.82 Å². The maximum absolute atomic E-state index is 13.7. The maximum Gasteiger partial charge on any atom is 0.145 e. The Bertz CT molecular complexity index is 998. The molecular weight excluding hydrogens is 389 g/mol. The van der Waals surface area contributed by atoms with Crippen LogP contribution in [0.4, 0.5) is 4.39 Å². The molecule has 0 bridgehead atoms. The number of ether oxygens (including phenoxy) is 2. The smallest absolute Gasteiger partial charge is 0.145 e. The van der Waals surface area contributed by atoms with Crippen molar-refractivity contribution in [1.29, 1.82) is 0 Å². The van der Waals surface area contributed by atoms with Gasteiger partial charge in [0, 0.05) is 23.4 Å². The summed E-state index contributed by atoms with van der Waals surface area (Å²) in [6.45, 7) is 6.46. The highest BCUT2D eigenvalue weighted by atomic mass is 35.5. The van der Waals surface area contributed by atoms with E-state index in [4.69, 9.17) is 26.1 Å². The summed E-state index contributed by atoms with van der Waals surface area (Å²) in [5, 5.41) is 0.0680. The number of nitrogens with zero attached hydrogens (tertiary/aromatic N) is 1. The molecule has 0 aliphatic rings. The summed E-state index contributed by atoms with van der Waals surface area (Å²) in [6.07, 6.45) is 1.86. The van der Waals surface area contributed by atoms with Gasteiger partial charge in [-0.15, -0.1) is 0 Å². The van der Waals surface area contributed by atoms with Crippen molar-refractivity contribution in [2.75, 3.05) is 7.11 Å². The van der Waals surface area contributed by atoms with Crippen molar-refractivity contribution in [3.63, 3.8) is 0 Å². The van der Waals surface area contributed by atoms with Gasteiger partial charge in [0.25, 0.3) is 0 Å². The Labute approximate surface area is 176 Å². The van der Waals surface area contributed by atoms with E-state index in [1.165, 1.54) is 28.8 Å². The van der Waals surface area contributed by atoms with Gasteiger partial charge < -0.3 is 9.47 Å². The van der Waals surface area contributed by atoms with Crippen molar-refractivity contribution in [1.82, 2.24) is 4.98 Å². The zero-order valence-electron chi connectivity index (χ0n) is 17.2. The van der Waals surface area contributed by atoms with Crippen LogP contribution < -0.4 is 9.47 Å². The first-order valence-electron chi connectivity index (χ1n) is 9.71. The van der Waals surface area contributed by atoms with Crippen molar-refractivity contribution in [3.8, 4) is 22.8 Å². The Morgan fingerprint density at radius 1 is 1.03 bits per heavy atom. The largest absolute Gasteiger partial charge is 0.496 e. The molecule has 1 aromatic heterocycles. The van der Waals surface area contributed by atoms with Gasteiger partial charge in [-0.2, -0.15) is 0 Å². The average molecular weight is 414 g/mol. The van der Waals surface area contributed by atoms with Crippen LogP contribution >= 0.6 is 11.6 Å². The van der Waals surface area contributed by atoms with Crippen LogP contribution in [0.25, 0.3) is 11.3 Å². The summed E-state index contributed by atoms with van der Waals surface area (Å²) in [7, 11) is 1.64. The van der Waals surface area contributed by atoms with Gasteiger partial charge >= 0.3 is 0 Å². The lowest BCUT2D eigenvalue weighted by Gasteiger charge is -2.17. The molecule has 0 aliphatic heterocycles. The second kappa shape index (κ2) is 9.27. The second-order valence-corrected chi connectivity index (χ2v) is 7.20. The first-order valence-corrected chi connectivity index (χ1v) is 10.1. The zero-order valence-corrected chi connectivity index (χ0v) is 17.9. The highest BCUT2D eigenvalue weighted by molar-refractivity contribution is 6.30. The average Bonchev–Trinajstić information content (AvgIpc) is 2.73. The Morgan fingerprint density at radius 2 is 1.72 bits per heavy atom. The molecule has 3 aromatic rings. The monoisotopic (exact) mass is 413 g/mol. The molecule has 0 unspecified atom stereocenters. The third kappa shape index (κ3) is 4.54. The predicted octanol–water partition coefficient (Wildman–Crippen LogP) is 6.56. The number of halogens is 2. The van der Waals surface area contributed by atoms with Crippen LogP contribution in [-0.4, -0.2) is 12.1 Å². The number of methoxy groups -OCH3 is 1. The number of benzene rings is 2. The molecule has 0 radical (unpaired) electrons. The standard InChI is InChI=1S/C24H25ClFNO2/c1-5-16-8-7-9-17(6-2)24(16)22-13-23(28-4)19(15(3)27-22)14-29-18-10-11-20(25)21(26)12-18/h7-13H,5-6,14H2,1-4H3.